The second-order valence-corrected chi connectivity index (χ2v) is 4.97. The van der Waals surface area contributed by atoms with Crippen molar-refractivity contribution in [2.45, 2.75) is 12.8 Å². The molecule has 2 rings (SSSR count). The SMILES string of the molecule is COc1ccc(C(=O)NCC2CCNCC2)c(OC)c1. The molecular formula is C15H22N2O3. The number of rotatable bonds is 5. The summed E-state index contributed by atoms with van der Waals surface area (Å²) in [5.41, 5.74) is 0.544. The number of piperidine rings is 1. The quantitative estimate of drug-likeness (QED) is 0.855. The summed E-state index contributed by atoms with van der Waals surface area (Å²) in [4.78, 5) is 12.2. The average molecular weight is 278 g/mol. The van der Waals surface area contributed by atoms with Gasteiger partial charge in [-0.15, -0.1) is 0 Å². The van der Waals surface area contributed by atoms with Crippen LogP contribution in [0.5, 0.6) is 11.5 Å². The summed E-state index contributed by atoms with van der Waals surface area (Å²) in [6, 6.07) is 5.22. The Morgan fingerprint density at radius 1 is 1.30 bits per heavy atom. The Morgan fingerprint density at radius 3 is 2.70 bits per heavy atom. The molecule has 0 spiro atoms. The van der Waals surface area contributed by atoms with Crippen LogP contribution in [-0.2, 0) is 0 Å². The molecule has 0 saturated carbocycles. The van der Waals surface area contributed by atoms with E-state index in [0.29, 0.717) is 23.0 Å². The third-order valence-electron chi connectivity index (χ3n) is 3.66. The van der Waals surface area contributed by atoms with E-state index in [9.17, 15) is 4.79 Å². The molecule has 5 nitrogen and oxygen atoms in total. The highest BCUT2D eigenvalue weighted by atomic mass is 16.5. The van der Waals surface area contributed by atoms with Gasteiger partial charge in [-0.05, 0) is 44.0 Å². The van der Waals surface area contributed by atoms with E-state index in [0.717, 1.165) is 32.5 Å². The molecule has 5 heteroatoms. The Morgan fingerprint density at radius 2 is 2.05 bits per heavy atom. The first-order chi connectivity index (χ1) is 9.74. The lowest BCUT2D eigenvalue weighted by Gasteiger charge is -2.22. The number of ether oxygens (including phenoxy) is 2. The molecule has 1 fully saturated rings. The highest BCUT2D eigenvalue weighted by Crippen LogP contribution is 2.24. The number of hydrogen-bond donors (Lipinski definition) is 2. The van der Waals surface area contributed by atoms with Gasteiger partial charge in [0, 0.05) is 12.6 Å². The van der Waals surface area contributed by atoms with Gasteiger partial charge in [-0.3, -0.25) is 4.79 Å². The van der Waals surface area contributed by atoms with Gasteiger partial charge in [-0.25, -0.2) is 0 Å². The zero-order valence-electron chi connectivity index (χ0n) is 12.1. The first-order valence-corrected chi connectivity index (χ1v) is 6.95. The van der Waals surface area contributed by atoms with Gasteiger partial charge < -0.3 is 20.1 Å². The van der Waals surface area contributed by atoms with E-state index in [-0.39, 0.29) is 5.91 Å². The lowest BCUT2D eigenvalue weighted by molar-refractivity contribution is 0.0941. The summed E-state index contributed by atoms with van der Waals surface area (Å²) in [5, 5.41) is 6.31. The fraction of sp³-hybridized carbons (Fsp3) is 0.533. The molecule has 1 aromatic carbocycles. The molecule has 2 N–H and O–H groups in total. The maximum absolute atomic E-state index is 12.2. The van der Waals surface area contributed by atoms with Crippen LogP contribution < -0.4 is 20.1 Å². The largest absolute Gasteiger partial charge is 0.497 e. The Kier molecular flexibility index (Phi) is 5.24. The van der Waals surface area contributed by atoms with Gasteiger partial charge in [0.1, 0.15) is 11.5 Å². The topological polar surface area (TPSA) is 59.6 Å². The molecule has 1 aromatic rings. The lowest BCUT2D eigenvalue weighted by Crippen LogP contribution is -2.36. The second-order valence-electron chi connectivity index (χ2n) is 4.97. The minimum absolute atomic E-state index is 0.0944. The monoisotopic (exact) mass is 278 g/mol. The smallest absolute Gasteiger partial charge is 0.255 e. The normalized spacial score (nSPS) is 15.7. The van der Waals surface area contributed by atoms with Crippen molar-refractivity contribution in [3.63, 3.8) is 0 Å². The third kappa shape index (κ3) is 3.63. The van der Waals surface area contributed by atoms with Gasteiger partial charge in [-0.1, -0.05) is 0 Å². The summed E-state index contributed by atoms with van der Waals surface area (Å²) in [6.07, 6.45) is 2.22. The van der Waals surface area contributed by atoms with Crippen LogP contribution in [0.3, 0.4) is 0 Å². The van der Waals surface area contributed by atoms with Crippen molar-refractivity contribution < 1.29 is 14.3 Å². The van der Waals surface area contributed by atoms with Gasteiger partial charge in [0.05, 0.1) is 19.8 Å². The first kappa shape index (κ1) is 14.7. The Hall–Kier alpha value is -1.75. The molecule has 110 valence electrons. The number of carbonyl (C=O) groups excluding carboxylic acids is 1. The van der Waals surface area contributed by atoms with Crippen molar-refractivity contribution in [2.24, 2.45) is 5.92 Å². The minimum atomic E-state index is -0.0944. The number of hydrogen-bond acceptors (Lipinski definition) is 4. The van der Waals surface area contributed by atoms with Gasteiger partial charge in [0.2, 0.25) is 0 Å². The first-order valence-electron chi connectivity index (χ1n) is 6.95. The maximum Gasteiger partial charge on any atom is 0.255 e. The van der Waals surface area contributed by atoms with Crippen molar-refractivity contribution in [3.8, 4) is 11.5 Å². The van der Waals surface area contributed by atoms with Gasteiger partial charge in [0.25, 0.3) is 5.91 Å². The molecule has 0 bridgehead atoms. The fourth-order valence-electron chi connectivity index (χ4n) is 2.40. The molecule has 1 saturated heterocycles. The number of carbonyl (C=O) groups is 1. The minimum Gasteiger partial charge on any atom is -0.497 e. The van der Waals surface area contributed by atoms with E-state index in [4.69, 9.17) is 9.47 Å². The molecule has 0 atom stereocenters. The average Bonchev–Trinajstić information content (AvgIpc) is 2.52. The van der Waals surface area contributed by atoms with Crippen LogP contribution in [0.25, 0.3) is 0 Å². The molecular weight excluding hydrogens is 256 g/mol. The molecule has 0 aliphatic carbocycles. The zero-order valence-corrected chi connectivity index (χ0v) is 12.1. The predicted octanol–water partition coefficient (Wildman–Crippen LogP) is 1.43. The number of amides is 1. The van der Waals surface area contributed by atoms with E-state index in [1.807, 2.05) is 0 Å². The summed E-state index contributed by atoms with van der Waals surface area (Å²) in [6.45, 7) is 2.79. The summed E-state index contributed by atoms with van der Waals surface area (Å²) in [5.74, 6) is 1.68. The molecule has 1 aliphatic rings. The van der Waals surface area contributed by atoms with Crippen LogP contribution >= 0.6 is 0 Å². The van der Waals surface area contributed by atoms with Gasteiger partial charge in [0.15, 0.2) is 0 Å². The van der Waals surface area contributed by atoms with Crippen molar-refractivity contribution in [1.82, 2.24) is 10.6 Å². The number of methoxy groups -OCH3 is 2. The standard InChI is InChI=1S/C15H22N2O3/c1-19-12-3-4-13(14(9-12)20-2)15(18)17-10-11-5-7-16-8-6-11/h3-4,9,11,16H,5-8,10H2,1-2H3,(H,17,18). The maximum atomic E-state index is 12.2. The molecule has 0 unspecified atom stereocenters. The number of benzene rings is 1. The molecule has 20 heavy (non-hydrogen) atoms. The summed E-state index contributed by atoms with van der Waals surface area (Å²) in [7, 11) is 3.14. The zero-order chi connectivity index (χ0) is 14.4. The second kappa shape index (κ2) is 7.14. The van der Waals surface area contributed by atoms with Crippen LogP contribution in [0.2, 0.25) is 0 Å². The van der Waals surface area contributed by atoms with E-state index >= 15 is 0 Å². The molecule has 0 aromatic heterocycles. The van der Waals surface area contributed by atoms with Crippen LogP contribution in [-0.4, -0.2) is 39.8 Å². The van der Waals surface area contributed by atoms with Crippen molar-refractivity contribution in [3.05, 3.63) is 23.8 Å². The van der Waals surface area contributed by atoms with Gasteiger partial charge in [-0.2, -0.15) is 0 Å². The Balaban J connectivity index is 1.97. The van der Waals surface area contributed by atoms with Crippen molar-refractivity contribution in [2.75, 3.05) is 33.9 Å². The highest BCUT2D eigenvalue weighted by molar-refractivity contribution is 5.97. The summed E-state index contributed by atoms with van der Waals surface area (Å²) >= 11 is 0. The molecule has 1 heterocycles. The Labute approximate surface area is 119 Å². The van der Waals surface area contributed by atoms with E-state index in [1.165, 1.54) is 0 Å². The summed E-state index contributed by atoms with van der Waals surface area (Å²) < 4.78 is 10.4. The molecule has 1 amide bonds. The number of nitrogens with one attached hydrogen (secondary N) is 2. The van der Waals surface area contributed by atoms with Crippen LogP contribution in [0.1, 0.15) is 23.2 Å². The molecule has 0 radical (unpaired) electrons. The van der Waals surface area contributed by atoms with Gasteiger partial charge >= 0.3 is 0 Å². The highest BCUT2D eigenvalue weighted by Gasteiger charge is 2.17. The predicted molar refractivity (Wildman–Crippen MR) is 77.5 cm³/mol. The van der Waals surface area contributed by atoms with Crippen molar-refractivity contribution >= 4 is 5.91 Å². The third-order valence-corrected chi connectivity index (χ3v) is 3.66. The van der Waals surface area contributed by atoms with E-state index < -0.39 is 0 Å². The Bertz CT molecular complexity index is 456. The van der Waals surface area contributed by atoms with Crippen LogP contribution in [0.4, 0.5) is 0 Å². The van der Waals surface area contributed by atoms with Crippen LogP contribution in [0.15, 0.2) is 18.2 Å². The van der Waals surface area contributed by atoms with Crippen molar-refractivity contribution in [1.29, 1.82) is 0 Å². The van der Waals surface area contributed by atoms with E-state index in [2.05, 4.69) is 10.6 Å². The van der Waals surface area contributed by atoms with E-state index in [1.54, 1.807) is 32.4 Å². The lowest BCUT2D eigenvalue weighted by atomic mass is 9.98. The molecule has 1 aliphatic heterocycles. The fourth-order valence-corrected chi connectivity index (χ4v) is 2.40. The van der Waals surface area contributed by atoms with Crippen LogP contribution in [0, 0.1) is 5.92 Å².